The number of anilines is 1. The Hall–Kier alpha value is -4.94. The molecule has 1 aliphatic heterocycles. The molecule has 0 fully saturated rings. The molecule has 1 aliphatic rings. The number of nitrogens with two attached hydrogens (primary N) is 1. The van der Waals surface area contributed by atoms with Gasteiger partial charge in [0.05, 0.1) is 12.3 Å². The van der Waals surface area contributed by atoms with E-state index >= 15 is 0 Å². The van der Waals surface area contributed by atoms with Crippen LogP contribution in [-0.2, 0) is 0 Å². The number of amides is 1. The Labute approximate surface area is 204 Å². The molecule has 184 valence electrons. The van der Waals surface area contributed by atoms with Gasteiger partial charge in [-0.2, -0.15) is 9.78 Å². The second-order valence-corrected chi connectivity index (χ2v) is 7.75. The van der Waals surface area contributed by atoms with E-state index in [0.717, 1.165) is 12.0 Å². The molecule has 0 radical (unpaired) electrons. The van der Waals surface area contributed by atoms with Crippen LogP contribution in [-0.4, -0.2) is 50.3 Å². The molecule has 0 saturated heterocycles. The third-order valence-corrected chi connectivity index (χ3v) is 5.30. The van der Waals surface area contributed by atoms with Crippen LogP contribution in [0.5, 0.6) is 17.2 Å². The average Bonchev–Trinajstić information content (AvgIpc) is 3.64. The number of fused-ring (bicyclic) bond motifs is 1. The third kappa shape index (κ3) is 4.41. The van der Waals surface area contributed by atoms with Gasteiger partial charge in [-0.15, -0.1) is 5.10 Å². The average molecular weight is 490 g/mol. The smallest absolute Gasteiger partial charge is 0.294 e. The SMILES string of the molecule is CCCOc1ccc(-c2c(C(=O)N/N=C(/C)c3ccc4c(c3)OCO4)nnn2-c2nonc2N)cc1. The highest BCUT2D eigenvalue weighted by Gasteiger charge is 2.25. The summed E-state index contributed by atoms with van der Waals surface area (Å²) in [5.74, 6) is 1.47. The Morgan fingerprint density at radius 1 is 1.17 bits per heavy atom. The van der Waals surface area contributed by atoms with Gasteiger partial charge in [0.15, 0.2) is 17.2 Å². The highest BCUT2D eigenvalue weighted by atomic mass is 16.7. The second-order valence-electron chi connectivity index (χ2n) is 7.75. The van der Waals surface area contributed by atoms with Gasteiger partial charge in [-0.05, 0) is 66.1 Å². The summed E-state index contributed by atoms with van der Waals surface area (Å²) in [5.41, 5.74) is 10.7. The number of ether oxygens (including phenoxy) is 3. The normalized spacial score (nSPS) is 12.6. The van der Waals surface area contributed by atoms with Crippen LogP contribution in [0.3, 0.4) is 0 Å². The number of carbonyl (C=O) groups is 1. The van der Waals surface area contributed by atoms with Crippen LogP contribution in [0.25, 0.3) is 17.1 Å². The Balaban J connectivity index is 1.45. The maximum absolute atomic E-state index is 13.1. The number of carbonyl (C=O) groups excluding carboxylic acids is 1. The van der Waals surface area contributed by atoms with Crippen LogP contribution < -0.4 is 25.4 Å². The van der Waals surface area contributed by atoms with Gasteiger partial charge in [0, 0.05) is 11.1 Å². The van der Waals surface area contributed by atoms with Crippen molar-refractivity contribution in [1.82, 2.24) is 30.7 Å². The summed E-state index contributed by atoms with van der Waals surface area (Å²) in [6, 6.07) is 12.5. The third-order valence-electron chi connectivity index (χ3n) is 5.30. The van der Waals surface area contributed by atoms with Crippen molar-refractivity contribution in [2.24, 2.45) is 5.10 Å². The van der Waals surface area contributed by atoms with Crippen molar-refractivity contribution < 1.29 is 23.6 Å². The minimum Gasteiger partial charge on any atom is -0.494 e. The summed E-state index contributed by atoms with van der Waals surface area (Å²) in [6.45, 7) is 4.54. The van der Waals surface area contributed by atoms with Gasteiger partial charge in [-0.1, -0.05) is 12.1 Å². The van der Waals surface area contributed by atoms with Gasteiger partial charge in [0.2, 0.25) is 18.4 Å². The van der Waals surface area contributed by atoms with Crippen molar-refractivity contribution in [2.45, 2.75) is 20.3 Å². The fraction of sp³-hybridized carbons (Fsp3) is 0.217. The zero-order chi connectivity index (χ0) is 25.1. The molecule has 4 aromatic rings. The lowest BCUT2D eigenvalue weighted by Crippen LogP contribution is -2.21. The number of nitrogen functional groups attached to an aromatic ring is 1. The second kappa shape index (κ2) is 9.74. The largest absolute Gasteiger partial charge is 0.494 e. The number of nitrogens with one attached hydrogen (secondary N) is 1. The van der Waals surface area contributed by atoms with Crippen LogP contribution in [0.15, 0.2) is 52.2 Å². The van der Waals surface area contributed by atoms with E-state index in [1.807, 2.05) is 13.0 Å². The molecule has 2 aromatic carbocycles. The summed E-state index contributed by atoms with van der Waals surface area (Å²) in [7, 11) is 0. The highest BCUT2D eigenvalue weighted by Crippen LogP contribution is 2.32. The summed E-state index contributed by atoms with van der Waals surface area (Å²) < 4.78 is 22.4. The van der Waals surface area contributed by atoms with Crippen molar-refractivity contribution in [3.05, 3.63) is 53.7 Å². The highest BCUT2D eigenvalue weighted by molar-refractivity contribution is 6.02. The molecule has 0 aliphatic carbocycles. The zero-order valence-corrected chi connectivity index (χ0v) is 19.5. The maximum atomic E-state index is 13.1. The van der Waals surface area contributed by atoms with E-state index in [1.54, 1.807) is 43.3 Å². The summed E-state index contributed by atoms with van der Waals surface area (Å²) in [4.78, 5) is 13.1. The maximum Gasteiger partial charge on any atom is 0.294 e. The molecule has 13 nitrogen and oxygen atoms in total. The van der Waals surface area contributed by atoms with Crippen LogP contribution in [0.2, 0.25) is 0 Å². The number of rotatable bonds is 8. The topological polar surface area (TPSA) is 165 Å². The predicted molar refractivity (Wildman–Crippen MR) is 127 cm³/mol. The Morgan fingerprint density at radius 2 is 1.97 bits per heavy atom. The van der Waals surface area contributed by atoms with Crippen molar-refractivity contribution in [3.8, 4) is 34.3 Å². The lowest BCUT2D eigenvalue weighted by molar-refractivity contribution is 0.0950. The van der Waals surface area contributed by atoms with Crippen LogP contribution in [0.1, 0.15) is 36.3 Å². The van der Waals surface area contributed by atoms with Crippen LogP contribution in [0, 0.1) is 0 Å². The Kier molecular flexibility index (Phi) is 6.18. The van der Waals surface area contributed by atoms with Crippen LogP contribution in [0.4, 0.5) is 5.82 Å². The molecule has 3 heterocycles. The van der Waals surface area contributed by atoms with E-state index in [9.17, 15) is 4.79 Å². The zero-order valence-electron chi connectivity index (χ0n) is 19.5. The fourth-order valence-corrected chi connectivity index (χ4v) is 3.48. The molecule has 13 heteroatoms. The standard InChI is InChI=1S/C23H22N8O5/c1-3-10-33-16-7-4-14(5-8-16)20-19(26-30-31(20)22-21(24)28-36-29-22)23(32)27-25-13(2)15-6-9-17-18(11-15)35-12-34-17/h4-9,11H,3,10,12H2,1-2H3,(H2,24,28)(H,27,32)/b25-13-. The van der Waals surface area contributed by atoms with E-state index < -0.39 is 5.91 Å². The van der Waals surface area contributed by atoms with E-state index in [1.165, 1.54) is 4.68 Å². The van der Waals surface area contributed by atoms with E-state index in [-0.39, 0.29) is 24.1 Å². The monoisotopic (exact) mass is 490 g/mol. The lowest BCUT2D eigenvalue weighted by Gasteiger charge is -2.08. The van der Waals surface area contributed by atoms with Crippen molar-refractivity contribution in [1.29, 1.82) is 0 Å². The minimum atomic E-state index is -0.585. The van der Waals surface area contributed by atoms with Crippen molar-refractivity contribution >= 4 is 17.4 Å². The molecule has 0 saturated carbocycles. The Bertz CT molecular complexity index is 1430. The Morgan fingerprint density at radius 3 is 2.72 bits per heavy atom. The van der Waals surface area contributed by atoms with Gasteiger partial charge in [0.25, 0.3) is 5.91 Å². The molecule has 0 atom stereocenters. The summed E-state index contributed by atoms with van der Waals surface area (Å²) >= 11 is 0. The van der Waals surface area contributed by atoms with Gasteiger partial charge in [-0.25, -0.2) is 10.1 Å². The first-order valence-corrected chi connectivity index (χ1v) is 11.1. The van der Waals surface area contributed by atoms with Crippen molar-refractivity contribution in [2.75, 3.05) is 19.1 Å². The van der Waals surface area contributed by atoms with E-state index in [4.69, 9.17) is 24.6 Å². The van der Waals surface area contributed by atoms with Gasteiger partial charge in [0.1, 0.15) is 11.4 Å². The molecule has 5 rings (SSSR count). The van der Waals surface area contributed by atoms with Crippen molar-refractivity contribution in [3.63, 3.8) is 0 Å². The fourth-order valence-electron chi connectivity index (χ4n) is 3.48. The first-order chi connectivity index (χ1) is 17.5. The minimum absolute atomic E-state index is 0.00173. The number of hydrogen-bond donors (Lipinski definition) is 2. The molecule has 0 unspecified atom stereocenters. The molecule has 2 aromatic heterocycles. The molecule has 3 N–H and O–H groups in total. The van der Waals surface area contributed by atoms with E-state index in [2.05, 4.69) is 31.2 Å². The van der Waals surface area contributed by atoms with Gasteiger partial charge < -0.3 is 19.9 Å². The number of hydrazone groups is 1. The predicted octanol–water partition coefficient (Wildman–Crippen LogP) is 2.57. The van der Waals surface area contributed by atoms with E-state index in [0.29, 0.717) is 40.8 Å². The number of aromatic nitrogens is 5. The first-order valence-electron chi connectivity index (χ1n) is 11.1. The number of benzene rings is 2. The van der Waals surface area contributed by atoms with Gasteiger partial charge >= 0.3 is 0 Å². The molecular formula is C23H22N8O5. The molecule has 0 spiro atoms. The quantitative estimate of drug-likeness (QED) is 0.277. The summed E-state index contributed by atoms with van der Waals surface area (Å²) in [5, 5.41) is 19.7. The molecule has 1 amide bonds. The number of hydrogen-bond acceptors (Lipinski definition) is 11. The van der Waals surface area contributed by atoms with Gasteiger partial charge in [-0.3, -0.25) is 4.79 Å². The number of nitrogens with zero attached hydrogens (tertiary/aromatic N) is 6. The molecule has 0 bridgehead atoms. The lowest BCUT2D eigenvalue weighted by atomic mass is 10.1. The molecular weight excluding hydrogens is 468 g/mol. The summed E-state index contributed by atoms with van der Waals surface area (Å²) in [6.07, 6.45) is 0.882. The first kappa shape index (κ1) is 22.8. The molecule has 36 heavy (non-hydrogen) atoms. The van der Waals surface area contributed by atoms with Crippen LogP contribution >= 0.6 is 0 Å².